The topological polar surface area (TPSA) is 30.5 Å². The summed E-state index contributed by atoms with van der Waals surface area (Å²) in [5.74, 6) is 3.07. The van der Waals surface area contributed by atoms with Crippen LogP contribution in [0.3, 0.4) is 0 Å². The highest BCUT2D eigenvalue weighted by Crippen LogP contribution is 2.50. The van der Waals surface area contributed by atoms with Gasteiger partial charge in [0.15, 0.2) is 0 Å². The summed E-state index contributed by atoms with van der Waals surface area (Å²) in [6.07, 6.45) is 0. The summed E-state index contributed by atoms with van der Waals surface area (Å²) < 4.78 is 14.0. The summed E-state index contributed by atoms with van der Waals surface area (Å²) in [6.45, 7) is 0. The smallest absolute Gasteiger partial charge is 0.143 e. The fraction of sp³-hybridized carbons (Fsp3) is 0. The Balaban J connectivity index is 1.24. The molecule has 0 radical (unpaired) electrons. The van der Waals surface area contributed by atoms with Crippen LogP contribution in [0, 0.1) is 0 Å². The molecule has 0 bridgehead atoms. The van der Waals surface area contributed by atoms with Gasteiger partial charge in [-0.15, -0.1) is 0 Å². The van der Waals surface area contributed by atoms with Gasteiger partial charge in [-0.2, -0.15) is 0 Å². The lowest BCUT2D eigenvalue weighted by Crippen LogP contribution is -1.99. The summed E-state index contributed by atoms with van der Waals surface area (Å²) in [6, 6.07) is 67.0. The average molecular weight is 656 g/mol. The maximum absolute atomic E-state index is 7.00. The van der Waals surface area contributed by atoms with Gasteiger partial charge in [0.2, 0.25) is 0 Å². The van der Waals surface area contributed by atoms with Gasteiger partial charge in [0.1, 0.15) is 23.0 Å². The first-order valence-corrected chi connectivity index (χ1v) is 17.2. The molecule has 0 aromatic heterocycles. The molecular formula is C48H33NO2. The van der Waals surface area contributed by atoms with E-state index in [-0.39, 0.29) is 0 Å². The van der Waals surface area contributed by atoms with Crippen LogP contribution < -0.4 is 14.8 Å². The van der Waals surface area contributed by atoms with E-state index in [2.05, 4.69) is 133 Å². The predicted octanol–water partition coefficient (Wildman–Crippen LogP) is 13.7. The molecule has 0 spiro atoms. The number of benzene rings is 8. The van der Waals surface area contributed by atoms with Crippen molar-refractivity contribution in [2.24, 2.45) is 0 Å². The minimum absolute atomic E-state index is 0.749. The van der Waals surface area contributed by atoms with Gasteiger partial charge >= 0.3 is 0 Å². The maximum Gasteiger partial charge on any atom is 0.143 e. The normalized spacial score (nSPS) is 11.5. The molecule has 0 amide bonds. The minimum Gasteiger partial charge on any atom is -0.456 e. The number of hydrogen-bond donors (Lipinski definition) is 1. The lowest BCUT2D eigenvalue weighted by molar-refractivity contribution is 0.473. The summed E-state index contributed by atoms with van der Waals surface area (Å²) >= 11 is 0. The summed E-state index contributed by atoms with van der Waals surface area (Å²) in [5, 5.41) is 3.69. The van der Waals surface area contributed by atoms with Crippen LogP contribution in [0.1, 0.15) is 0 Å². The first-order chi connectivity index (χ1) is 25.3. The Kier molecular flexibility index (Phi) is 7.84. The van der Waals surface area contributed by atoms with E-state index in [1.165, 1.54) is 0 Å². The second-order valence-corrected chi connectivity index (χ2v) is 12.6. The van der Waals surface area contributed by atoms with E-state index >= 15 is 0 Å². The van der Waals surface area contributed by atoms with Crippen LogP contribution in [0.5, 0.6) is 23.0 Å². The van der Waals surface area contributed by atoms with Crippen LogP contribution in [0.15, 0.2) is 194 Å². The van der Waals surface area contributed by atoms with Gasteiger partial charge in [-0.1, -0.05) is 152 Å². The van der Waals surface area contributed by atoms with Gasteiger partial charge in [-0.3, -0.25) is 0 Å². The Morgan fingerprint density at radius 3 is 1.47 bits per heavy atom. The van der Waals surface area contributed by atoms with E-state index in [0.717, 1.165) is 90.0 Å². The van der Waals surface area contributed by atoms with Crippen LogP contribution in [-0.2, 0) is 0 Å². The van der Waals surface area contributed by atoms with Crippen LogP contribution >= 0.6 is 0 Å². The molecule has 9 rings (SSSR count). The standard InChI is InChI=1S/C48H33NO2/c1-4-15-33(16-5-1)38-29-27-35(31-44(38)49-37-19-8-3-9-20-37)36-28-30-42-43-24-14-23-39(34-17-6-2-7-18-34)48(43)51-46-26-13-11-22-41(46)40-21-10-12-25-45(40)50-47(42)32-36/h1-32,49H. The van der Waals surface area contributed by atoms with Crippen molar-refractivity contribution in [3.63, 3.8) is 0 Å². The van der Waals surface area contributed by atoms with Crippen molar-refractivity contribution in [3.8, 4) is 78.6 Å². The Hall–Kier alpha value is -6.84. The fourth-order valence-corrected chi connectivity index (χ4v) is 6.87. The highest BCUT2D eigenvalue weighted by molar-refractivity contribution is 5.90. The van der Waals surface area contributed by atoms with E-state index in [1.807, 2.05) is 66.7 Å². The largest absolute Gasteiger partial charge is 0.456 e. The fourth-order valence-electron chi connectivity index (χ4n) is 6.87. The van der Waals surface area contributed by atoms with Crippen LogP contribution in [0.2, 0.25) is 0 Å². The lowest BCUT2D eigenvalue weighted by atomic mass is 9.93. The number of fused-ring (bicyclic) bond motifs is 6. The molecule has 1 aliphatic rings. The zero-order valence-corrected chi connectivity index (χ0v) is 27.8. The van der Waals surface area contributed by atoms with Crippen LogP contribution in [-0.4, -0.2) is 0 Å². The third-order valence-corrected chi connectivity index (χ3v) is 9.36. The van der Waals surface area contributed by atoms with Crippen molar-refractivity contribution in [1.82, 2.24) is 0 Å². The van der Waals surface area contributed by atoms with E-state index in [4.69, 9.17) is 9.47 Å². The monoisotopic (exact) mass is 655 g/mol. The first-order valence-electron chi connectivity index (χ1n) is 17.2. The molecule has 0 fully saturated rings. The summed E-state index contributed by atoms with van der Waals surface area (Å²) in [4.78, 5) is 0. The van der Waals surface area contributed by atoms with Crippen LogP contribution in [0.4, 0.5) is 11.4 Å². The van der Waals surface area contributed by atoms with Gasteiger partial charge in [0.25, 0.3) is 0 Å². The lowest BCUT2D eigenvalue weighted by Gasteiger charge is -2.23. The molecular weight excluding hydrogens is 623 g/mol. The summed E-state index contributed by atoms with van der Waals surface area (Å²) in [5.41, 5.74) is 12.4. The zero-order chi connectivity index (χ0) is 34.0. The van der Waals surface area contributed by atoms with Crippen molar-refractivity contribution in [1.29, 1.82) is 0 Å². The number of rotatable bonds is 5. The molecule has 0 saturated carbocycles. The molecule has 0 atom stereocenters. The molecule has 3 nitrogen and oxygen atoms in total. The molecule has 0 saturated heterocycles. The number of anilines is 2. The first kappa shape index (κ1) is 30.2. The van der Waals surface area contributed by atoms with Crippen molar-refractivity contribution < 1.29 is 9.47 Å². The Bertz CT molecular complexity index is 2490. The molecule has 8 aromatic rings. The Morgan fingerprint density at radius 2 is 0.784 bits per heavy atom. The van der Waals surface area contributed by atoms with Gasteiger partial charge in [-0.25, -0.2) is 0 Å². The van der Waals surface area contributed by atoms with Crippen molar-refractivity contribution in [2.75, 3.05) is 5.32 Å². The predicted molar refractivity (Wildman–Crippen MR) is 210 cm³/mol. The molecule has 0 unspecified atom stereocenters. The molecule has 1 N–H and O–H groups in total. The number of hydrogen-bond acceptors (Lipinski definition) is 3. The van der Waals surface area contributed by atoms with Crippen molar-refractivity contribution in [2.45, 2.75) is 0 Å². The Morgan fingerprint density at radius 1 is 0.294 bits per heavy atom. The molecule has 51 heavy (non-hydrogen) atoms. The molecule has 1 heterocycles. The molecule has 242 valence electrons. The van der Waals surface area contributed by atoms with E-state index in [1.54, 1.807) is 0 Å². The molecule has 8 aromatic carbocycles. The van der Waals surface area contributed by atoms with Crippen molar-refractivity contribution in [3.05, 3.63) is 194 Å². The SMILES string of the molecule is c1ccc(Nc2cc(-c3ccc4c(c3)Oc3ccccc3-c3ccccc3Oc3c(-c5ccccc5)cccc3-4)ccc2-c2ccccc2)cc1. The quantitative estimate of drug-likeness (QED) is 0.200. The van der Waals surface area contributed by atoms with E-state index in [9.17, 15) is 0 Å². The third-order valence-electron chi connectivity index (χ3n) is 9.36. The molecule has 0 aliphatic carbocycles. The number of nitrogens with one attached hydrogen (secondary N) is 1. The van der Waals surface area contributed by atoms with Gasteiger partial charge < -0.3 is 14.8 Å². The second kappa shape index (κ2) is 13.2. The van der Waals surface area contributed by atoms with Gasteiger partial charge in [0.05, 0.1) is 0 Å². The average Bonchev–Trinajstić information content (AvgIpc) is 3.19. The third kappa shape index (κ3) is 5.92. The van der Waals surface area contributed by atoms with E-state index in [0.29, 0.717) is 0 Å². The molecule has 1 aliphatic heterocycles. The maximum atomic E-state index is 7.00. The Labute approximate surface area is 298 Å². The van der Waals surface area contributed by atoms with Crippen molar-refractivity contribution >= 4 is 11.4 Å². The molecule has 3 heteroatoms. The van der Waals surface area contributed by atoms with Gasteiger partial charge in [0, 0.05) is 44.8 Å². The highest BCUT2D eigenvalue weighted by atomic mass is 16.5. The zero-order valence-electron chi connectivity index (χ0n) is 27.8. The number of para-hydroxylation sites is 4. The highest BCUT2D eigenvalue weighted by Gasteiger charge is 2.23. The minimum atomic E-state index is 0.749. The van der Waals surface area contributed by atoms with Gasteiger partial charge in [-0.05, 0) is 64.7 Å². The summed E-state index contributed by atoms with van der Waals surface area (Å²) in [7, 11) is 0. The second-order valence-electron chi connectivity index (χ2n) is 12.6. The number of ether oxygens (including phenoxy) is 2. The van der Waals surface area contributed by atoms with Crippen LogP contribution in [0.25, 0.3) is 55.6 Å². The van der Waals surface area contributed by atoms with E-state index < -0.39 is 0 Å².